The summed E-state index contributed by atoms with van der Waals surface area (Å²) in [4.78, 5) is 14.0. The Balaban J connectivity index is 1.91. The quantitative estimate of drug-likeness (QED) is 0.846. The third-order valence-electron chi connectivity index (χ3n) is 4.12. The SMILES string of the molecule is O=C(c1cccc(F)c1F)N1C2CCC1CC(O)C2. The predicted octanol–water partition coefficient (Wildman–Crippen LogP) is 2.09. The van der Waals surface area contributed by atoms with E-state index in [1.807, 2.05) is 0 Å². The average molecular weight is 267 g/mol. The van der Waals surface area contributed by atoms with Crippen LogP contribution in [-0.4, -0.2) is 34.1 Å². The zero-order chi connectivity index (χ0) is 13.6. The van der Waals surface area contributed by atoms with Crippen molar-refractivity contribution in [1.82, 2.24) is 4.90 Å². The van der Waals surface area contributed by atoms with Gasteiger partial charge in [0.05, 0.1) is 11.7 Å². The first kappa shape index (κ1) is 12.5. The Morgan fingerprint density at radius 1 is 1.21 bits per heavy atom. The predicted molar refractivity (Wildman–Crippen MR) is 64.6 cm³/mol. The van der Waals surface area contributed by atoms with Crippen LogP contribution >= 0.6 is 0 Å². The first-order valence-electron chi connectivity index (χ1n) is 6.52. The number of fused-ring (bicyclic) bond motifs is 2. The van der Waals surface area contributed by atoms with Gasteiger partial charge >= 0.3 is 0 Å². The lowest BCUT2D eigenvalue weighted by Gasteiger charge is -2.37. The van der Waals surface area contributed by atoms with Crippen molar-refractivity contribution in [1.29, 1.82) is 0 Å². The van der Waals surface area contributed by atoms with Crippen LogP contribution in [0, 0.1) is 11.6 Å². The van der Waals surface area contributed by atoms with Gasteiger partial charge < -0.3 is 10.0 Å². The molecule has 1 amide bonds. The van der Waals surface area contributed by atoms with Crippen LogP contribution in [0.2, 0.25) is 0 Å². The van der Waals surface area contributed by atoms with Gasteiger partial charge in [0.1, 0.15) is 0 Å². The van der Waals surface area contributed by atoms with Gasteiger partial charge in [-0.3, -0.25) is 4.79 Å². The van der Waals surface area contributed by atoms with Gasteiger partial charge in [-0.25, -0.2) is 8.78 Å². The minimum atomic E-state index is -1.09. The van der Waals surface area contributed by atoms with E-state index in [0.717, 1.165) is 18.9 Å². The second-order valence-corrected chi connectivity index (χ2v) is 5.32. The van der Waals surface area contributed by atoms with Crippen molar-refractivity contribution in [2.75, 3.05) is 0 Å². The first-order chi connectivity index (χ1) is 9.08. The molecule has 0 radical (unpaired) electrons. The van der Waals surface area contributed by atoms with Crippen LogP contribution in [0.15, 0.2) is 18.2 Å². The monoisotopic (exact) mass is 267 g/mol. The highest BCUT2D eigenvalue weighted by molar-refractivity contribution is 5.95. The van der Waals surface area contributed by atoms with Crippen molar-refractivity contribution < 1.29 is 18.7 Å². The second kappa shape index (κ2) is 4.56. The molecule has 1 aromatic carbocycles. The van der Waals surface area contributed by atoms with Crippen molar-refractivity contribution in [3.8, 4) is 0 Å². The normalized spacial score (nSPS) is 29.6. The van der Waals surface area contributed by atoms with E-state index in [1.165, 1.54) is 12.1 Å². The van der Waals surface area contributed by atoms with E-state index in [2.05, 4.69) is 0 Å². The van der Waals surface area contributed by atoms with E-state index in [9.17, 15) is 18.7 Å². The number of rotatable bonds is 1. The first-order valence-corrected chi connectivity index (χ1v) is 6.52. The number of halogens is 2. The van der Waals surface area contributed by atoms with E-state index in [4.69, 9.17) is 0 Å². The average Bonchev–Trinajstić information content (AvgIpc) is 2.64. The summed E-state index contributed by atoms with van der Waals surface area (Å²) in [6.45, 7) is 0. The number of benzene rings is 1. The molecule has 2 aliphatic rings. The van der Waals surface area contributed by atoms with Gasteiger partial charge in [0.15, 0.2) is 11.6 Å². The molecule has 2 saturated heterocycles. The number of aliphatic hydroxyl groups is 1. The number of carbonyl (C=O) groups excluding carboxylic acids is 1. The Hall–Kier alpha value is -1.49. The van der Waals surface area contributed by atoms with Gasteiger partial charge in [-0.2, -0.15) is 0 Å². The fraction of sp³-hybridized carbons (Fsp3) is 0.500. The fourth-order valence-electron chi connectivity index (χ4n) is 3.29. The molecule has 2 bridgehead atoms. The second-order valence-electron chi connectivity index (χ2n) is 5.32. The van der Waals surface area contributed by atoms with E-state index >= 15 is 0 Å². The number of piperidine rings is 1. The lowest BCUT2D eigenvalue weighted by atomic mass is 9.98. The molecule has 2 fully saturated rings. The van der Waals surface area contributed by atoms with Gasteiger partial charge in [-0.15, -0.1) is 0 Å². The molecule has 5 heteroatoms. The van der Waals surface area contributed by atoms with Crippen molar-refractivity contribution in [3.63, 3.8) is 0 Å². The highest BCUT2D eigenvalue weighted by Gasteiger charge is 2.43. The fourth-order valence-corrected chi connectivity index (χ4v) is 3.29. The van der Waals surface area contributed by atoms with E-state index in [1.54, 1.807) is 4.90 Å². The zero-order valence-corrected chi connectivity index (χ0v) is 10.4. The summed E-state index contributed by atoms with van der Waals surface area (Å²) in [5.74, 6) is -2.55. The Morgan fingerprint density at radius 2 is 1.84 bits per heavy atom. The Labute approximate surface area is 109 Å². The van der Waals surface area contributed by atoms with Crippen LogP contribution in [0.3, 0.4) is 0 Å². The summed E-state index contributed by atoms with van der Waals surface area (Å²) < 4.78 is 26.9. The Morgan fingerprint density at radius 3 is 2.47 bits per heavy atom. The maximum Gasteiger partial charge on any atom is 0.257 e. The smallest absolute Gasteiger partial charge is 0.257 e. The van der Waals surface area contributed by atoms with Crippen LogP contribution in [-0.2, 0) is 0 Å². The molecule has 2 aliphatic heterocycles. The molecular formula is C14H15F2NO2. The molecule has 2 unspecified atom stereocenters. The molecule has 2 heterocycles. The van der Waals surface area contributed by atoms with Crippen LogP contribution in [0.1, 0.15) is 36.0 Å². The van der Waals surface area contributed by atoms with Crippen LogP contribution in [0.4, 0.5) is 8.78 Å². The van der Waals surface area contributed by atoms with Gasteiger partial charge in [0.25, 0.3) is 5.91 Å². The molecule has 19 heavy (non-hydrogen) atoms. The molecule has 102 valence electrons. The third kappa shape index (κ3) is 2.02. The molecule has 3 nitrogen and oxygen atoms in total. The van der Waals surface area contributed by atoms with E-state index in [0.29, 0.717) is 12.8 Å². The minimum absolute atomic E-state index is 0.0519. The number of carbonyl (C=O) groups is 1. The van der Waals surface area contributed by atoms with Crippen molar-refractivity contribution in [3.05, 3.63) is 35.4 Å². The summed E-state index contributed by atoms with van der Waals surface area (Å²) in [5.41, 5.74) is -0.215. The van der Waals surface area contributed by atoms with Crippen molar-refractivity contribution >= 4 is 5.91 Å². The molecule has 3 rings (SSSR count). The summed E-state index contributed by atoms with van der Waals surface area (Å²) in [7, 11) is 0. The van der Waals surface area contributed by atoms with Gasteiger partial charge in [-0.05, 0) is 37.8 Å². The highest BCUT2D eigenvalue weighted by atomic mass is 19.2. The minimum Gasteiger partial charge on any atom is -0.393 e. The molecule has 0 spiro atoms. The lowest BCUT2D eigenvalue weighted by Crippen LogP contribution is -2.48. The number of amides is 1. The topological polar surface area (TPSA) is 40.5 Å². The van der Waals surface area contributed by atoms with Crippen LogP contribution < -0.4 is 0 Å². The molecule has 2 atom stereocenters. The zero-order valence-electron chi connectivity index (χ0n) is 10.4. The van der Waals surface area contributed by atoms with Gasteiger partial charge in [-0.1, -0.05) is 6.07 Å². The number of hydrogen-bond donors (Lipinski definition) is 1. The number of nitrogens with zero attached hydrogens (tertiary/aromatic N) is 1. The number of aliphatic hydroxyl groups excluding tert-OH is 1. The molecule has 1 N–H and O–H groups in total. The molecule has 1 aromatic rings. The molecule has 0 aromatic heterocycles. The standard InChI is InChI=1S/C14H15F2NO2/c15-12-3-1-2-11(13(12)16)14(19)17-8-4-5-9(17)7-10(18)6-8/h1-3,8-10,18H,4-7H2. The van der Waals surface area contributed by atoms with E-state index in [-0.39, 0.29) is 23.8 Å². The summed E-state index contributed by atoms with van der Waals surface area (Å²) >= 11 is 0. The summed E-state index contributed by atoms with van der Waals surface area (Å²) in [6, 6.07) is 3.55. The highest BCUT2D eigenvalue weighted by Crippen LogP contribution is 2.37. The van der Waals surface area contributed by atoms with Crippen molar-refractivity contribution in [2.45, 2.75) is 43.9 Å². The lowest BCUT2D eigenvalue weighted by molar-refractivity contribution is 0.0283. The van der Waals surface area contributed by atoms with Crippen LogP contribution in [0.25, 0.3) is 0 Å². The number of hydrogen-bond acceptors (Lipinski definition) is 2. The Bertz CT molecular complexity index is 506. The largest absolute Gasteiger partial charge is 0.393 e. The maximum absolute atomic E-state index is 13.7. The molecule has 0 aliphatic carbocycles. The molecular weight excluding hydrogens is 252 g/mol. The van der Waals surface area contributed by atoms with Crippen LogP contribution in [0.5, 0.6) is 0 Å². The maximum atomic E-state index is 13.7. The third-order valence-corrected chi connectivity index (χ3v) is 4.12. The van der Waals surface area contributed by atoms with Gasteiger partial charge in [0.2, 0.25) is 0 Å². The van der Waals surface area contributed by atoms with Crippen molar-refractivity contribution in [2.24, 2.45) is 0 Å². The van der Waals surface area contributed by atoms with Gasteiger partial charge in [0, 0.05) is 12.1 Å². The summed E-state index contributed by atoms with van der Waals surface area (Å²) in [6.07, 6.45) is 2.31. The van der Waals surface area contributed by atoms with E-state index < -0.39 is 17.5 Å². The summed E-state index contributed by atoms with van der Waals surface area (Å²) in [5, 5.41) is 9.69. The Kier molecular flexibility index (Phi) is 3.01. The molecule has 0 saturated carbocycles.